The summed E-state index contributed by atoms with van der Waals surface area (Å²) in [5.41, 5.74) is 6.98. The number of hydrogen-bond acceptors (Lipinski definition) is 3. The second-order valence-corrected chi connectivity index (χ2v) is 4.80. The summed E-state index contributed by atoms with van der Waals surface area (Å²) in [5, 5.41) is 0. The first-order valence-electron chi connectivity index (χ1n) is 6.90. The lowest BCUT2D eigenvalue weighted by atomic mass is 10.1. The fraction of sp³-hybridized carbons (Fsp3) is 0.294. The van der Waals surface area contributed by atoms with Gasteiger partial charge in [-0.3, -0.25) is 0 Å². The Labute approximate surface area is 120 Å². The summed E-state index contributed by atoms with van der Waals surface area (Å²) in [6, 6.07) is 17.9. The minimum Gasteiger partial charge on any atom is -0.490 e. The maximum Gasteiger partial charge on any atom is 0.122 e. The normalized spacial score (nSPS) is 11.9. The van der Waals surface area contributed by atoms with Gasteiger partial charge in [-0.25, -0.2) is 0 Å². The van der Waals surface area contributed by atoms with Crippen molar-refractivity contribution in [3.8, 4) is 11.5 Å². The SMILES string of the molecule is CC(N)Cc1ccccc1OCCOc1ccccc1. The van der Waals surface area contributed by atoms with Crippen molar-refractivity contribution in [2.24, 2.45) is 5.73 Å². The zero-order chi connectivity index (χ0) is 14.2. The Hall–Kier alpha value is -2.00. The van der Waals surface area contributed by atoms with Crippen LogP contribution in [0.2, 0.25) is 0 Å². The Balaban J connectivity index is 1.82. The molecule has 0 aliphatic rings. The smallest absolute Gasteiger partial charge is 0.122 e. The van der Waals surface area contributed by atoms with Crippen molar-refractivity contribution >= 4 is 0 Å². The molecule has 106 valence electrons. The zero-order valence-corrected chi connectivity index (χ0v) is 11.8. The fourth-order valence-electron chi connectivity index (χ4n) is 1.99. The highest BCUT2D eigenvalue weighted by atomic mass is 16.5. The summed E-state index contributed by atoms with van der Waals surface area (Å²) >= 11 is 0. The Morgan fingerprint density at radius 2 is 1.55 bits per heavy atom. The van der Waals surface area contributed by atoms with Gasteiger partial charge in [-0.2, -0.15) is 0 Å². The van der Waals surface area contributed by atoms with Crippen LogP contribution in [0, 0.1) is 0 Å². The first-order chi connectivity index (χ1) is 9.75. The van der Waals surface area contributed by atoms with Gasteiger partial charge in [0.2, 0.25) is 0 Å². The van der Waals surface area contributed by atoms with E-state index in [1.807, 2.05) is 55.5 Å². The average molecular weight is 271 g/mol. The maximum atomic E-state index is 5.84. The van der Waals surface area contributed by atoms with Crippen LogP contribution < -0.4 is 15.2 Å². The van der Waals surface area contributed by atoms with Crippen LogP contribution in [-0.4, -0.2) is 19.3 Å². The van der Waals surface area contributed by atoms with Crippen LogP contribution >= 0.6 is 0 Å². The lowest BCUT2D eigenvalue weighted by Gasteiger charge is -2.13. The molecule has 0 aromatic heterocycles. The van der Waals surface area contributed by atoms with Crippen molar-refractivity contribution in [3.63, 3.8) is 0 Å². The average Bonchev–Trinajstić information content (AvgIpc) is 2.46. The molecule has 20 heavy (non-hydrogen) atoms. The predicted octanol–water partition coefficient (Wildman–Crippen LogP) is 3.03. The molecule has 3 heteroatoms. The molecule has 1 unspecified atom stereocenters. The Morgan fingerprint density at radius 3 is 2.30 bits per heavy atom. The second-order valence-electron chi connectivity index (χ2n) is 4.80. The molecule has 0 fully saturated rings. The van der Waals surface area contributed by atoms with Crippen molar-refractivity contribution in [1.29, 1.82) is 0 Å². The Bertz CT molecular complexity index is 511. The standard InChI is InChI=1S/C17H21NO2/c1-14(18)13-15-7-5-6-10-17(15)20-12-11-19-16-8-3-2-4-9-16/h2-10,14H,11-13,18H2,1H3. The summed E-state index contributed by atoms with van der Waals surface area (Å²) in [6.45, 7) is 3.04. The number of ether oxygens (including phenoxy) is 2. The van der Waals surface area contributed by atoms with E-state index < -0.39 is 0 Å². The number of nitrogens with two attached hydrogens (primary N) is 1. The minimum absolute atomic E-state index is 0.125. The van der Waals surface area contributed by atoms with Gasteiger partial charge >= 0.3 is 0 Å². The molecule has 0 bridgehead atoms. The molecule has 0 amide bonds. The van der Waals surface area contributed by atoms with E-state index in [-0.39, 0.29) is 6.04 Å². The van der Waals surface area contributed by atoms with Crippen LogP contribution in [0.5, 0.6) is 11.5 Å². The monoisotopic (exact) mass is 271 g/mol. The summed E-state index contributed by atoms with van der Waals surface area (Å²) in [6.07, 6.45) is 0.815. The van der Waals surface area contributed by atoms with E-state index in [9.17, 15) is 0 Å². The van der Waals surface area contributed by atoms with Crippen LogP contribution in [0.4, 0.5) is 0 Å². The van der Waals surface area contributed by atoms with E-state index in [4.69, 9.17) is 15.2 Å². The van der Waals surface area contributed by atoms with Crippen LogP contribution in [-0.2, 0) is 6.42 Å². The summed E-state index contributed by atoms with van der Waals surface area (Å²) in [7, 11) is 0. The van der Waals surface area contributed by atoms with Crippen molar-refractivity contribution in [3.05, 3.63) is 60.2 Å². The maximum absolute atomic E-state index is 5.84. The number of para-hydroxylation sites is 2. The van der Waals surface area contributed by atoms with Gasteiger partial charge in [-0.05, 0) is 37.1 Å². The van der Waals surface area contributed by atoms with E-state index in [2.05, 4.69) is 6.07 Å². The molecule has 0 radical (unpaired) electrons. The van der Waals surface area contributed by atoms with E-state index in [1.165, 1.54) is 0 Å². The van der Waals surface area contributed by atoms with Crippen LogP contribution in [0.15, 0.2) is 54.6 Å². The first-order valence-corrected chi connectivity index (χ1v) is 6.90. The number of hydrogen-bond donors (Lipinski definition) is 1. The first kappa shape index (κ1) is 14.4. The number of rotatable bonds is 7. The van der Waals surface area contributed by atoms with E-state index in [0.29, 0.717) is 13.2 Å². The van der Waals surface area contributed by atoms with Crippen molar-refractivity contribution in [2.45, 2.75) is 19.4 Å². The molecule has 0 heterocycles. The molecule has 0 aliphatic heterocycles. The summed E-state index contributed by atoms with van der Waals surface area (Å²) < 4.78 is 11.4. The molecule has 2 aromatic carbocycles. The van der Waals surface area contributed by atoms with Gasteiger partial charge in [0.1, 0.15) is 24.7 Å². The quantitative estimate of drug-likeness (QED) is 0.787. The highest BCUT2D eigenvalue weighted by Gasteiger charge is 2.05. The topological polar surface area (TPSA) is 44.5 Å². The highest BCUT2D eigenvalue weighted by molar-refractivity contribution is 5.33. The molecule has 3 nitrogen and oxygen atoms in total. The van der Waals surface area contributed by atoms with Gasteiger partial charge in [0.05, 0.1) is 0 Å². The minimum atomic E-state index is 0.125. The van der Waals surface area contributed by atoms with Gasteiger partial charge in [0, 0.05) is 6.04 Å². The van der Waals surface area contributed by atoms with E-state index in [1.54, 1.807) is 0 Å². The van der Waals surface area contributed by atoms with Crippen LogP contribution in [0.3, 0.4) is 0 Å². The Kier molecular flexibility index (Phi) is 5.44. The molecule has 0 saturated carbocycles. The number of benzene rings is 2. The van der Waals surface area contributed by atoms with Gasteiger partial charge in [-0.1, -0.05) is 36.4 Å². The van der Waals surface area contributed by atoms with E-state index in [0.717, 1.165) is 23.5 Å². The van der Waals surface area contributed by atoms with Gasteiger partial charge in [0.15, 0.2) is 0 Å². The summed E-state index contributed by atoms with van der Waals surface area (Å²) in [4.78, 5) is 0. The molecule has 0 saturated heterocycles. The largest absolute Gasteiger partial charge is 0.490 e. The molecule has 2 rings (SSSR count). The molecule has 2 aromatic rings. The van der Waals surface area contributed by atoms with Gasteiger partial charge in [0.25, 0.3) is 0 Å². The van der Waals surface area contributed by atoms with Crippen molar-refractivity contribution < 1.29 is 9.47 Å². The van der Waals surface area contributed by atoms with Gasteiger partial charge in [-0.15, -0.1) is 0 Å². The fourth-order valence-corrected chi connectivity index (χ4v) is 1.99. The van der Waals surface area contributed by atoms with Gasteiger partial charge < -0.3 is 15.2 Å². The highest BCUT2D eigenvalue weighted by Crippen LogP contribution is 2.19. The lowest BCUT2D eigenvalue weighted by molar-refractivity contribution is 0.216. The van der Waals surface area contributed by atoms with E-state index >= 15 is 0 Å². The zero-order valence-electron chi connectivity index (χ0n) is 11.8. The third-order valence-corrected chi connectivity index (χ3v) is 2.87. The van der Waals surface area contributed by atoms with Crippen LogP contribution in [0.25, 0.3) is 0 Å². The predicted molar refractivity (Wildman–Crippen MR) is 81.2 cm³/mol. The molecule has 2 N–H and O–H groups in total. The molecule has 1 atom stereocenters. The molecular formula is C17H21NO2. The van der Waals surface area contributed by atoms with Crippen molar-refractivity contribution in [1.82, 2.24) is 0 Å². The molecule has 0 spiro atoms. The third kappa shape index (κ3) is 4.59. The molecule has 0 aliphatic carbocycles. The lowest BCUT2D eigenvalue weighted by Crippen LogP contribution is -2.18. The Morgan fingerprint density at radius 1 is 0.900 bits per heavy atom. The third-order valence-electron chi connectivity index (χ3n) is 2.87. The summed E-state index contributed by atoms with van der Waals surface area (Å²) in [5.74, 6) is 1.75. The van der Waals surface area contributed by atoms with Crippen LogP contribution in [0.1, 0.15) is 12.5 Å². The molecular weight excluding hydrogens is 250 g/mol. The second kappa shape index (κ2) is 7.56. The van der Waals surface area contributed by atoms with Crippen molar-refractivity contribution in [2.75, 3.05) is 13.2 Å².